The molecule has 1 rings (SSSR count). The fourth-order valence-electron chi connectivity index (χ4n) is 1.66. The number of aliphatic carboxylic acids is 1. The first-order valence-corrected chi connectivity index (χ1v) is 6.34. The first-order valence-electron chi connectivity index (χ1n) is 5.96. The highest BCUT2D eigenvalue weighted by Gasteiger charge is 2.19. The standard InChI is InChI=1S/C13H18ClNO3/c1-2-3-12(13(16)17)18-11-5-4-10(14)8-9(11)6-7-15/h4-5,8,12H,2-3,6-7,15H2,1H3,(H,16,17). The van der Waals surface area contributed by atoms with E-state index in [1.54, 1.807) is 18.2 Å². The summed E-state index contributed by atoms with van der Waals surface area (Å²) in [5.41, 5.74) is 6.35. The highest BCUT2D eigenvalue weighted by Crippen LogP contribution is 2.25. The summed E-state index contributed by atoms with van der Waals surface area (Å²) in [6, 6.07) is 5.13. The average molecular weight is 272 g/mol. The third-order valence-electron chi connectivity index (χ3n) is 2.53. The SMILES string of the molecule is CCCC(Oc1ccc(Cl)cc1CCN)C(=O)O. The number of rotatable bonds is 7. The number of hydrogen-bond acceptors (Lipinski definition) is 3. The Labute approximate surface area is 112 Å². The van der Waals surface area contributed by atoms with Crippen LogP contribution in [0.1, 0.15) is 25.3 Å². The van der Waals surface area contributed by atoms with E-state index in [4.69, 9.17) is 27.2 Å². The van der Waals surface area contributed by atoms with Gasteiger partial charge in [-0.3, -0.25) is 0 Å². The summed E-state index contributed by atoms with van der Waals surface area (Å²) in [4.78, 5) is 11.1. The lowest BCUT2D eigenvalue weighted by Gasteiger charge is -2.17. The van der Waals surface area contributed by atoms with E-state index >= 15 is 0 Å². The second kappa shape index (κ2) is 7.24. The summed E-state index contributed by atoms with van der Waals surface area (Å²) in [5, 5.41) is 9.66. The van der Waals surface area contributed by atoms with Gasteiger partial charge in [0.25, 0.3) is 0 Å². The lowest BCUT2D eigenvalue weighted by atomic mass is 10.1. The molecule has 18 heavy (non-hydrogen) atoms. The first kappa shape index (κ1) is 14.8. The van der Waals surface area contributed by atoms with Gasteiger partial charge in [0, 0.05) is 5.02 Å². The predicted molar refractivity (Wildman–Crippen MR) is 71.2 cm³/mol. The summed E-state index contributed by atoms with van der Waals surface area (Å²) in [7, 11) is 0. The highest BCUT2D eigenvalue weighted by molar-refractivity contribution is 6.30. The Morgan fingerprint density at radius 3 is 2.83 bits per heavy atom. The van der Waals surface area contributed by atoms with Gasteiger partial charge in [0.15, 0.2) is 6.10 Å². The topological polar surface area (TPSA) is 72.5 Å². The van der Waals surface area contributed by atoms with Gasteiger partial charge in [-0.25, -0.2) is 4.79 Å². The minimum Gasteiger partial charge on any atom is -0.479 e. The minimum atomic E-state index is -0.953. The van der Waals surface area contributed by atoms with Crippen molar-refractivity contribution in [3.63, 3.8) is 0 Å². The van der Waals surface area contributed by atoms with Crippen LogP contribution >= 0.6 is 11.6 Å². The molecule has 1 unspecified atom stereocenters. The zero-order chi connectivity index (χ0) is 13.5. The number of benzene rings is 1. The summed E-state index contributed by atoms with van der Waals surface area (Å²) in [5.74, 6) is -0.406. The quantitative estimate of drug-likeness (QED) is 0.799. The molecule has 1 aromatic rings. The van der Waals surface area contributed by atoms with Gasteiger partial charge in [-0.2, -0.15) is 0 Å². The Hall–Kier alpha value is -1.26. The average Bonchev–Trinajstić information content (AvgIpc) is 2.31. The molecular weight excluding hydrogens is 254 g/mol. The molecule has 5 heteroatoms. The molecule has 1 atom stereocenters. The molecule has 0 saturated carbocycles. The van der Waals surface area contributed by atoms with Crippen molar-refractivity contribution in [2.75, 3.05) is 6.54 Å². The highest BCUT2D eigenvalue weighted by atomic mass is 35.5. The van der Waals surface area contributed by atoms with Crippen molar-refractivity contribution in [2.45, 2.75) is 32.3 Å². The third-order valence-corrected chi connectivity index (χ3v) is 2.77. The molecule has 1 aromatic carbocycles. The van der Waals surface area contributed by atoms with Crippen LogP contribution in [0.2, 0.25) is 5.02 Å². The Kier molecular flexibility index (Phi) is 5.95. The van der Waals surface area contributed by atoms with Crippen LogP contribution in [0.25, 0.3) is 0 Å². The van der Waals surface area contributed by atoms with E-state index in [0.717, 1.165) is 12.0 Å². The summed E-state index contributed by atoms with van der Waals surface area (Å²) in [6.45, 7) is 2.38. The maximum atomic E-state index is 11.1. The zero-order valence-electron chi connectivity index (χ0n) is 10.4. The number of carbonyl (C=O) groups is 1. The Morgan fingerprint density at radius 2 is 2.28 bits per heavy atom. The van der Waals surface area contributed by atoms with Gasteiger partial charge in [0.2, 0.25) is 0 Å². The molecule has 0 aliphatic carbocycles. The lowest BCUT2D eigenvalue weighted by Crippen LogP contribution is -2.27. The van der Waals surface area contributed by atoms with Gasteiger partial charge < -0.3 is 15.6 Å². The van der Waals surface area contributed by atoms with E-state index < -0.39 is 12.1 Å². The fourth-order valence-corrected chi connectivity index (χ4v) is 1.86. The van der Waals surface area contributed by atoms with Gasteiger partial charge in [-0.05, 0) is 43.1 Å². The number of nitrogens with two attached hydrogens (primary N) is 1. The van der Waals surface area contributed by atoms with Gasteiger partial charge in [-0.1, -0.05) is 24.9 Å². The van der Waals surface area contributed by atoms with Crippen molar-refractivity contribution >= 4 is 17.6 Å². The van der Waals surface area contributed by atoms with E-state index in [-0.39, 0.29) is 0 Å². The van der Waals surface area contributed by atoms with Crippen molar-refractivity contribution in [1.82, 2.24) is 0 Å². The summed E-state index contributed by atoms with van der Waals surface area (Å²) in [6.07, 6.45) is 0.998. The Balaban J connectivity index is 2.90. The maximum absolute atomic E-state index is 11.1. The molecule has 0 radical (unpaired) electrons. The monoisotopic (exact) mass is 271 g/mol. The second-order valence-electron chi connectivity index (χ2n) is 4.02. The van der Waals surface area contributed by atoms with E-state index in [2.05, 4.69) is 0 Å². The first-order chi connectivity index (χ1) is 8.58. The molecular formula is C13H18ClNO3. The fraction of sp³-hybridized carbons (Fsp3) is 0.462. The largest absolute Gasteiger partial charge is 0.479 e. The van der Waals surface area contributed by atoms with Crippen molar-refractivity contribution in [2.24, 2.45) is 5.73 Å². The van der Waals surface area contributed by atoms with Crippen LogP contribution in [0.15, 0.2) is 18.2 Å². The maximum Gasteiger partial charge on any atom is 0.344 e. The number of hydrogen-bond donors (Lipinski definition) is 2. The van der Waals surface area contributed by atoms with E-state index in [9.17, 15) is 4.79 Å². The van der Waals surface area contributed by atoms with Crippen LogP contribution in [-0.2, 0) is 11.2 Å². The van der Waals surface area contributed by atoms with Crippen LogP contribution in [-0.4, -0.2) is 23.7 Å². The van der Waals surface area contributed by atoms with Crippen molar-refractivity contribution in [3.05, 3.63) is 28.8 Å². The molecule has 0 amide bonds. The molecule has 0 saturated heterocycles. The van der Waals surface area contributed by atoms with E-state index in [1.807, 2.05) is 6.92 Å². The molecule has 0 aromatic heterocycles. The van der Waals surface area contributed by atoms with Crippen LogP contribution in [0.4, 0.5) is 0 Å². The van der Waals surface area contributed by atoms with Gasteiger partial charge >= 0.3 is 5.97 Å². The van der Waals surface area contributed by atoms with Gasteiger partial charge in [0.05, 0.1) is 0 Å². The van der Waals surface area contributed by atoms with Crippen molar-refractivity contribution in [1.29, 1.82) is 0 Å². The number of ether oxygens (including phenoxy) is 1. The van der Waals surface area contributed by atoms with Gasteiger partial charge in [0.1, 0.15) is 5.75 Å². The van der Waals surface area contributed by atoms with Crippen LogP contribution in [0.5, 0.6) is 5.75 Å². The summed E-state index contributed by atoms with van der Waals surface area (Å²) >= 11 is 5.90. The van der Waals surface area contributed by atoms with E-state index in [1.165, 1.54) is 0 Å². The smallest absolute Gasteiger partial charge is 0.344 e. The third kappa shape index (κ3) is 4.20. The van der Waals surface area contributed by atoms with Crippen LogP contribution in [0, 0.1) is 0 Å². The normalized spacial score (nSPS) is 12.2. The molecule has 100 valence electrons. The summed E-state index contributed by atoms with van der Waals surface area (Å²) < 4.78 is 5.54. The predicted octanol–water partition coefficient (Wildman–Crippen LogP) is 2.47. The molecule has 0 aliphatic heterocycles. The molecule has 0 heterocycles. The molecule has 3 N–H and O–H groups in total. The second-order valence-corrected chi connectivity index (χ2v) is 4.46. The van der Waals surface area contributed by atoms with Crippen molar-refractivity contribution in [3.8, 4) is 5.75 Å². The van der Waals surface area contributed by atoms with Crippen molar-refractivity contribution < 1.29 is 14.6 Å². The number of carboxylic acids is 1. The lowest BCUT2D eigenvalue weighted by molar-refractivity contribution is -0.145. The Bertz CT molecular complexity index is 409. The Morgan fingerprint density at radius 1 is 1.56 bits per heavy atom. The van der Waals surface area contributed by atoms with Gasteiger partial charge in [-0.15, -0.1) is 0 Å². The van der Waals surface area contributed by atoms with E-state index in [0.29, 0.717) is 30.2 Å². The molecule has 0 spiro atoms. The van der Waals surface area contributed by atoms with Crippen LogP contribution < -0.4 is 10.5 Å². The molecule has 0 aliphatic rings. The molecule has 4 nitrogen and oxygen atoms in total. The molecule has 0 fully saturated rings. The van der Waals surface area contributed by atoms with Crippen LogP contribution in [0.3, 0.4) is 0 Å². The molecule has 0 bridgehead atoms. The number of halogens is 1. The zero-order valence-corrected chi connectivity index (χ0v) is 11.1. The minimum absolute atomic E-state index is 0.461. The number of carboxylic acid groups (broad SMARTS) is 1.